The first-order chi connectivity index (χ1) is 59.9. The van der Waals surface area contributed by atoms with Gasteiger partial charge < -0.3 is 18.3 Å². The molecule has 0 atom stereocenters. The first-order valence-electron chi connectivity index (χ1n) is 41.6. The van der Waals surface area contributed by atoms with Gasteiger partial charge in [-0.3, -0.25) is 9.97 Å². The topological polar surface area (TPSA) is 93.1 Å². The fourth-order valence-electron chi connectivity index (χ4n) is 19.5. The fourth-order valence-corrected chi connectivity index (χ4v) is 19.5. The van der Waals surface area contributed by atoms with Gasteiger partial charge >= 0.3 is 0 Å². The van der Waals surface area contributed by atoms with Crippen molar-refractivity contribution in [3.8, 4) is 135 Å². The average molecular weight is 1560 g/mol. The number of hydrogen-bond acceptors (Lipinski definition) is 4. The molecule has 6 heterocycles. The van der Waals surface area contributed by atoms with Crippen LogP contribution >= 0.6 is 0 Å². The van der Waals surface area contributed by atoms with E-state index in [-0.39, 0.29) is 0 Å². The molecule has 0 radical (unpaired) electrons. The van der Waals surface area contributed by atoms with Crippen LogP contribution in [0, 0.1) is 64.2 Å². The SMILES string of the molecule is Cc1ccccc1-c1ccc2c(c1)c1cc(-c3ccc(-c4ccc5c6cc(-c7ccccc7C)ccc6n(-c6cc(-c7cccnc7)c(-n7c8ccccc8c8cc(-c9ccccc9C)ccc87)cc6C#N)c5c4)cc3C)ccc1n2-c1cc(-c2cccnc2)c(-n2c3ccc(-c4ccccc4C)cc3c3cc(-c4ccccc4C)ccc32)cc1C#N. The van der Waals surface area contributed by atoms with Crippen molar-refractivity contribution in [3.63, 3.8) is 0 Å². The first-order valence-corrected chi connectivity index (χ1v) is 41.6. The maximum atomic E-state index is 11.9. The Morgan fingerprint density at radius 1 is 0.197 bits per heavy atom. The quantitative estimate of drug-likeness (QED) is 0.115. The Labute approximate surface area is 706 Å². The number of benzene rings is 16. The smallest absolute Gasteiger partial charge is 0.101 e. The third-order valence-electron chi connectivity index (χ3n) is 25.5. The van der Waals surface area contributed by atoms with Crippen molar-refractivity contribution in [2.24, 2.45) is 0 Å². The third kappa shape index (κ3) is 11.8. The van der Waals surface area contributed by atoms with E-state index in [9.17, 15) is 10.5 Å². The van der Waals surface area contributed by atoms with Crippen molar-refractivity contribution < 1.29 is 0 Å². The molecule has 8 nitrogen and oxygen atoms in total. The Balaban J connectivity index is 0.702. The predicted molar refractivity (Wildman–Crippen MR) is 506 cm³/mol. The molecule has 0 N–H and O–H groups in total. The Bertz CT molecular complexity index is 8130. The van der Waals surface area contributed by atoms with Gasteiger partial charge in [-0.25, -0.2) is 0 Å². The van der Waals surface area contributed by atoms with Gasteiger partial charge in [-0.1, -0.05) is 218 Å². The van der Waals surface area contributed by atoms with Crippen LogP contribution < -0.4 is 0 Å². The minimum Gasteiger partial charge on any atom is -0.309 e. The zero-order valence-corrected chi connectivity index (χ0v) is 68.2. The molecule has 0 aliphatic rings. The molecule has 6 aromatic heterocycles. The van der Waals surface area contributed by atoms with E-state index in [1.807, 2.05) is 36.9 Å². The number of aromatic nitrogens is 6. The first kappa shape index (κ1) is 72.5. The van der Waals surface area contributed by atoms with E-state index in [2.05, 4.69) is 400 Å². The minimum atomic E-state index is 0.528. The summed E-state index contributed by atoms with van der Waals surface area (Å²) in [7, 11) is 0. The monoisotopic (exact) mass is 1560 g/mol. The van der Waals surface area contributed by atoms with Crippen molar-refractivity contribution >= 4 is 87.2 Å². The summed E-state index contributed by atoms with van der Waals surface area (Å²) in [5.74, 6) is 0. The van der Waals surface area contributed by atoms with Gasteiger partial charge in [-0.2, -0.15) is 10.5 Å². The molecular weight excluding hydrogens is 1480 g/mol. The number of para-hydroxylation sites is 1. The molecule has 0 bridgehead atoms. The molecule has 574 valence electrons. The lowest BCUT2D eigenvalue weighted by atomic mass is 9.94. The minimum absolute atomic E-state index is 0.528. The molecule has 22 rings (SSSR count). The molecule has 22 aromatic rings. The highest BCUT2D eigenvalue weighted by Crippen LogP contribution is 2.48. The van der Waals surface area contributed by atoms with Crippen LogP contribution in [0.25, 0.3) is 210 Å². The molecule has 0 aliphatic carbocycles. The summed E-state index contributed by atoms with van der Waals surface area (Å²) >= 11 is 0. The van der Waals surface area contributed by atoms with E-state index in [0.29, 0.717) is 11.1 Å². The fraction of sp³-hybridized carbons (Fsp3) is 0.0526. The van der Waals surface area contributed by atoms with Gasteiger partial charge in [0.05, 0.1) is 78.0 Å². The van der Waals surface area contributed by atoms with Crippen molar-refractivity contribution in [2.75, 3.05) is 0 Å². The number of fused-ring (bicyclic) bond motifs is 12. The standard InChI is InChI=1S/C114H78N8/c1-69-21-7-12-28-87(69)77-37-45-104-97(54-77)93-33-17-18-34-103(93)120(104)113-62-86(66-116)111(64-96(113)84-27-20-52-118-68-84)122-105-46-38-78(88-29-13-8-22-70(88)2)55-98(105)94-44-36-76(60-112(94)122)75-35-43-92(74(6)53-75)82-42-48-107-100(59-82)99-56-79(89-30-14-9-23-71(89)3)39-47-106(99)119(107)110-63-95(83-26-19-51-117-67-83)114(61-85(110)65-115)121-108-49-40-80(90-31-15-10-24-72(90)4)57-101(108)102-58-81(41-50-109(102)121)91-32-16-11-25-73(91)5/h7-64,67-68H,1-6H3. The Morgan fingerprint density at radius 3 is 0.828 bits per heavy atom. The highest BCUT2D eigenvalue weighted by molar-refractivity contribution is 6.17. The lowest BCUT2D eigenvalue weighted by molar-refractivity contribution is 1.13. The van der Waals surface area contributed by atoms with E-state index in [1.165, 1.54) is 50.1 Å². The van der Waals surface area contributed by atoms with E-state index in [1.54, 1.807) is 0 Å². The van der Waals surface area contributed by atoms with Crippen LogP contribution in [0.5, 0.6) is 0 Å². The molecule has 0 amide bonds. The normalized spacial score (nSPS) is 11.7. The number of nitriles is 2. The molecule has 0 unspecified atom stereocenters. The molecule has 16 aromatic carbocycles. The molecule has 8 heteroatoms. The molecule has 122 heavy (non-hydrogen) atoms. The van der Waals surface area contributed by atoms with Crippen molar-refractivity contribution in [1.82, 2.24) is 28.2 Å². The van der Waals surface area contributed by atoms with E-state index < -0.39 is 0 Å². The lowest BCUT2D eigenvalue weighted by Crippen LogP contribution is -2.04. The highest BCUT2D eigenvalue weighted by atomic mass is 15.0. The Kier molecular flexibility index (Phi) is 17.2. The van der Waals surface area contributed by atoms with Gasteiger partial charge in [-0.05, 0) is 274 Å². The number of rotatable bonds is 13. The number of hydrogen-bond donors (Lipinski definition) is 0. The molecule has 0 saturated heterocycles. The second-order valence-electron chi connectivity index (χ2n) is 32.6. The zero-order valence-electron chi connectivity index (χ0n) is 68.2. The van der Waals surface area contributed by atoms with Gasteiger partial charge in [0.15, 0.2) is 0 Å². The maximum Gasteiger partial charge on any atom is 0.101 e. The van der Waals surface area contributed by atoms with Gasteiger partial charge in [0.2, 0.25) is 0 Å². The van der Waals surface area contributed by atoms with Crippen LogP contribution in [0.15, 0.2) is 365 Å². The van der Waals surface area contributed by atoms with Crippen LogP contribution in [-0.2, 0) is 0 Å². The Hall–Kier alpha value is -16.0. The summed E-state index contributed by atoms with van der Waals surface area (Å²) in [5, 5.41) is 32.5. The van der Waals surface area contributed by atoms with Gasteiger partial charge in [-0.15, -0.1) is 0 Å². The second-order valence-corrected chi connectivity index (χ2v) is 32.6. The van der Waals surface area contributed by atoms with E-state index >= 15 is 0 Å². The lowest BCUT2D eigenvalue weighted by Gasteiger charge is -2.19. The summed E-state index contributed by atoms with van der Waals surface area (Å²) in [4.78, 5) is 9.50. The number of pyridine rings is 2. The molecular formula is C114H78N8. The van der Waals surface area contributed by atoms with Crippen LogP contribution in [0.2, 0.25) is 0 Å². The zero-order chi connectivity index (χ0) is 82.1. The summed E-state index contributed by atoms with van der Waals surface area (Å²) in [6.45, 7) is 13.1. The van der Waals surface area contributed by atoms with E-state index in [0.717, 1.165) is 193 Å². The summed E-state index contributed by atoms with van der Waals surface area (Å²) in [5.41, 5.74) is 39.1. The molecule has 0 fully saturated rings. The van der Waals surface area contributed by atoms with Gasteiger partial charge in [0.1, 0.15) is 12.1 Å². The van der Waals surface area contributed by atoms with Crippen molar-refractivity contribution in [2.45, 2.75) is 41.5 Å². The Morgan fingerprint density at radius 2 is 0.484 bits per heavy atom. The van der Waals surface area contributed by atoms with Gasteiger partial charge in [0.25, 0.3) is 0 Å². The van der Waals surface area contributed by atoms with Crippen molar-refractivity contribution in [3.05, 3.63) is 409 Å². The summed E-state index contributed by atoms with van der Waals surface area (Å²) in [6.07, 6.45) is 7.52. The predicted octanol–water partition coefficient (Wildman–Crippen LogP) is 29.5. The summed E-state index contributed by atoms with van der Waals surface area (Å²) < 4.78 is 9.33. The molecule has 0 aliphatic heterocycles. The third-order valence-corrected chi connectivity index (χ3v) is 25.5. The summed E-state index contributed by atoms with van der Waals surface area (Å²) in [6, 6.07) is 129. The average Bonchev–Trinajstić information content (AvgIpc) is 1.56. The van der Waals surface area contributed by atoms with Crippen LogP contribution in [-0.4, -0.2) is 28.2 Å². The number of aryl methyl sites for hydroxylation is 6. The number of nitrogens with zero attached hydrogens (tertiary/aromatic N) is 8. The molecule has 0 spiro atoms. The van der Waals surface area contributed by atoms with Crippen molar-refractivity contribution in [1.29, 1.82) is 10.5 Å². The van der Waals surface area contributed by atoms with Crippen LogP contribution in [0.4, 0.5) is 0 Å². The van der Waals surface area contributed by atoms with E-state index in [4.69, 9.17) is 9.97 Å². The highest BCUT2D eigenvalue weighted by Gasteiger charge is 2.28. The van der Waals surface area contributed by atoms with Crippen LogP contribution in [0.1, 0.15) is 44.5 Å². The van der Waals surface area contributed by atoms with Crippen LogP contribution in [0.3, 0.4) is 0 Å². The maximum absolute atomic E-state index is 11.9. The van der Waals surface area contributed by atoms with Gasteiger partial charge in [0, 0.05) is 90.1 Å². The largest absolute Gasteiger partial charge is 0.309 e. The second kappa shape index (κ2) is 29.0. The molecule has 0 saturated carbocycles.